The van der Waals surface area contributed by atoms with E-state index in [0.29, 0.717) is 6.04 Å². The number of pyridine rings is 1. The second-order valence-corrected chi connectivity index (χ2v) is 4.48. The Hall–Kier alpha value is -1.62. The Bertz CT molecular complexity index is 399. The van der Waals surface area contributed by atoms with Gasteiger partial charge in [-0.1, -0.05) is 0 Å². The molecule has 1 aliphatic heterocycles. The van der Waals surface area contributed by atoms with Crippen LogP contribution in [0, 0.1) is 0 Å². The van der Waals surface area contributed by atoms with Crippen molar-refractivity contribution in [1.82, 2.24) is 10.3 Å². The normalized spacial score (nSPS) is 16.5. The fourth-order valence-electron chi connectivity index (χ4n) is 2.41. The fraction of sp³-hybridized carbons (Fsp3) is 0.538. The molecule has 18 heavy (non-hydrogen) atoms. The molecule has 0 saturated carbocycles. The van der Waals surface area contributed by atoms with Crippen LogP contribution in [0.2, 0.25) is 0 Å². The molecule has 1 aliphatic rings. The zero-order chi connectivity index (χ0) is 13.0. The lowest BCUT2D eigenvalue weighted by molar-refractivity contribution is 0.0696. The molecule has 1 saturated heterocycles. The molecule has 1 fully saturated rings. The minimum atomic E-state index is -0.932. The zero-order valence-corrected chi connectivity index (χ0v) is 10.6. The van der Waals surface area contributed by atoms with Crippen molar-refractivity contribution in [3.05, 3.63) is 23.9 Å². The Morgan fingerprint density at radius 1 is 1.50 bits per heavy atom. The van der Waals surface area contributed by atoms with Gasteiger partial charge in [-0.3, -0.25) is 0 Å². The van der Waals surface area contributed by atoms with Crippen LogP contribution in [0.5, 0.6) is 0 Å². The molecule has 98 valence electrons. The number of carbonyl (C=O) groups is 1. The summed E-state index contributed by atoms with van der Waals surface area (Å²) in [7, 11) is 0. The summed E-state index contributed by atoms with van der Waals surface area (Å²) >= 11 is 0. The third kappa shape index (κ3) is 2.79. The van der Waals surface area contributed by atoms with Gasteiger partial charge in [0.25, 0.3) is 0 Å². The highest BCUT2D eigenvalue weighted by atomic mass is 16.4. The van der Waals surface area contributed by atoms with Gasteiger partial charge in [0, 0.05) is 18.8 Å². The van der Waals surface area contributed by atoms with E-state index in [1.165, 1.54) is 6.20 Å². The first-order valence-corrected chi connectivity index (χ1v) is 6.39. The molecule has 0 aliphatic carbocycles. The first-order valence-electron chi connectivity index (χ1n) is 6.39. The number of rotatable bonds is 4. The predicted octanol–water partition coefficient (Wildman–Crippen LogP) is 1.36. The second kappa shape index (κ2) is 5.82. The van der Waals surface area contributed by atoms with E-state index in [1.807, 2.05) is 0 Å². The average Bonchev–Trinajstić information content (AvgIpc) is 2.41. The summed E-state index contributed by atoms with van der Waals surface area (Å²) in [5.41, 5.74) is 0.236. The largest absolute Gasteiger partial charge is 0.478 e. The van der Waals surface area contributed by atoms with E-state index in [9.17, 15) is 4.79 Å². The fourth-order valence-corrected chi connectivity index (χ4v) is 2.41. The van der Waals surface area contributed by atoms with Gasteiger partial charge in [0.1, 0.15) is 5.82 Å². The number of hydrogen-bond donors (Lipinski definition) is 2. The molecule has 2 rings (SSSR count). The SMILES string of the molecule is CCN(c1ccc(C(=O)O)cn1)C1CCNCC1. The van der Waals surface area contributed by atoms with Crippen LogP contribution >= 0.6 is 0 Å². The third-order valence-corrected chi connectivity index (χ3v) is 3.38. The Morgan fingerprint density at radius 3 is 2.72 bits per heavy atom. The molecule has 5 heteroatoms. The summed E-state index contributed by atoms with van der Waals surface area (Å²) in [6.45, 7) is 5.07. The lowest BCUT2D eigenvalue weighted by Crippen LogP contribution is -2.43. The molecular weight excluding hydrogens is 230 g/mol. The highest BCUT2D eigenvalue weighted by Crippen LogP contribution is 2.19. The number of aromatic nitrogens is 1. The monoisotopic (exact) mass is 249 g/mol. The quantitative estimate of drug-likeness (QED) is 0.843. The smallest absolute Gasteiger partial charge is 0.337 e. The van der Waals surface area contributed by atoms with Crippen molar-refractivity contribution in [2.45, 2.75) is 25.8 Å². The van der Waals surface area contributed by atoms with Crippen LogP contribution in [0.15, 0.2) is 18.3 Å². The van der Waals surface area contributed by atoms with Crippen LogP contribution in [0.3, 0.4) is 0 Å². The summed E-state index contributed by atoms with van der Waals surface area (Å²) in [6, 6.07) is 3.92. The van der Waals surface area contributed by atoms with Gasteiger partial charge < -0.3 is 15.3 Å². The van der Waals surface area contributed by atoms with Crippen molar-refractivity contribution < 1.29 is 9.90 Å². The van der Waals surface area contributed by atoms with E-state index in [-0.39, 0.29) is 5.56 Å². The molecule has 1 aromatic rings. The molecule has 1 aromatic heterocycles. The van der Waals surface area contributed by atoms with Crippen molar-refractivity contribution in [3.63, 3.8) is 0 Å². The van der Waals surface area contributed by atoms with Crippen LogP contribution in [0.25, 0.3) is 0 Å². The van der Waals surface area contributed by atoms with Gasteiger partial charge in [-0.05, 0) is 45.0 Å². The molecule has 0 aromatic carbocycles. The third-order valence-electron chi connectivity index (χ3n) is 3.38. The van der Waals surface area contributed by atoms with Crippen molar-refractivity contribution >= 4 is 11.8 Å². The summed E-state index contributed by atoms with van der Waals surface area (Å²) in [6.07, 6.45) is 3.65. The molecule has 0 spiro atoms. The molecular formula is C13H19N3O2. The van der Waals surface area contributed by atoms with Gasteiger partial charge in [0.2, 0.25) is 0 Å². The van der Waals surface area contributed by atoms with Crippen LogP contribution in [0.4, 0.5) is 5.82 Å². The van der Waals surface area contributed by atoms with Gasteiger partial charge in [0.05, 0.1) is 5.56 Å². The van der Waals surface area contributed by atoms with Gasteiger partial charge in [-0.15, -0.1) is 0 Å². The Balaban J connectivity index is 2.13. The summed E-state index contributed by atoms with van der Waals surface area (Å²) in [5, 5.41) is 12.2. The maximum absolute atomic E-state index is 10.8. The van der Waals surface area contributed by atoms with Gasteiger partial charge in [-0.25, -0.2) is 9.78 Å². The maximum atomic E-state index is 10.8. The number of piperidine rings is 1. The van der Waals surface area contributed by atoms with Crippen molar-refractivity contribution in [2.24, 2.45) is 0 Å². The lowest BCUT2D eigenvalue weighted by Gasteiger charge is -2.34. The molecule has 2 heterocycles. The molecule has 0 radical (unpaired) electrons. The summed E-state index contributed by atoms with van der Waals surface area (Å²) in [5.74, 6) is -0.0617. The van der Waals surface area contributed by atoms with E-state index in [2.05, 4.69) is 22.1 Å². The maximum Gasteiger partial charge on any atom is 0.337 e. The topological polar surface area (TPSA) is 65.5 Å². The Labute approximate surface area is 107 Å². The molecule has 0 atom stereocenters. The standard InChI is InChI=1S/C13H19N3O2/c1-2-16(11-5-7-14-8-6-11)12-4-3-10(9-15-12)13(17)18/h3-4,9,11,14H,2,5-8H2,1H3,(H,17,18). The van der Waals surface area contributed by atoms with Crippen molar-refractivity contribution in [3.8, 4) is 0 Å². The highest BCUT2D eigenvalue weighted by Gasteiger charge is 2.20. The van der Waals surface area contributed by atoms with Gasteiger partial charge in [-0.2, -0.15) is 0 Å². The van der Waals surface area contributed by atoms with Gasteiger partial charge in [0.15, 0.2) is 0 Å². The van der Waals surface area contributed by atoms with E-state index in [4.69, 9.17) is 5.11 Å². The highest BCUT2D eigenvalue weighted by molar-refractivity contribution is 5.87. The lowest BCUT2D eigenvalue weighted by atomic mass is 10.0. The molecule has 0 amide bonds. The van der Waals surface area contributed by atoms with Crippen molar-refractivity contribution in [2.75, 3.05) is 24.5 Å². The number of carboxylic acid groups (broad SMARTS) is 1. The molecule has 0 unspecified atom stereocenters. The number of hydrogen-bond acceptors (Lipinski definition) is 4. The molecule has 5 nitrogen and oxygen atoms in total. The Kier molecular flexibility index (Phi) is 4.15. The number of nitrogens with zero attached hydrogens (tertiary/aromatic N) is 2. The second-order valence-electron chi connectivity index (χ2n) is 4.48. The first-order chi connectivity index (χ1) is 8.72. The minimum Gasteiger partial charge on any atom is -0.478 e. The van der Waals surface area contributed by atoms with E-state index < -0.39 is 5.97 Å². The van der Waals surface area contributed by atoms with Crippen LogP contribution in [-0.4, -0.2) is 41.7 Å². The minimum absolute atomic E-state index is 0.236. The summed E-state index contributed by atoms with van der Waals surface area (Å²) in [4.78, 5) is 17.3. The van der Waals surface area contributed by atoms with Crippen LogP contribution < -0.4 is 10.2 Å². The number of nitrogens with one attached hydrogen (secondary N) is 1. The van der Waals surface area contributed by atoms with E-state index >= 15 is 0 Å². The predicted molar refractivity (Wildman–Crippen MR) is 70.1 cm³/mol. The number of anilines is 1. The molecule has 0 bridgehead atoms. The number of aromatic carboxylic acids is 1. The van der Waals surface area contributed by atoms with E-state index in [1.54, 1.807) is 12.1 Å². The van der Waals surface area contributed by atoms with Crippen LogP contribution in [-0.2, 0) is 0 Å². The zero-order valence-electron chi connectivity index (χ0n) is 10.6. The number of carboxylic acids is 1. The van der Waals surface area contributed by atoms with Gasteiger partial charge >= 0.3 is 5.97 Å². The average molecular weight is 249 g/mol. The Morgan fingerprint density at radius 2 is 2.22 bits per heavy atom. The molecule has 2 N–H and O–H groups in total. The van der Waals surface area contributed by atoms with E-state index in [0.717, 1.165) is 38.3 Å². The van der Waals surface area contributed by atoms with Crippen LogP contribution in [0.1, 0.15) is 30.1 Å². The summed E-state index contributed by atoms with van der Waals surface area (Å²) < 4.78 is 0. The van der Waals surface area contributed by atoms with Crippen molar-refractivity contribution in [1.29, 1.82) is 0 Å². The first kappa shape index (κ1) is 12.8.